The molecule has 0 aliphatic heterocycles. The van der Waals surface area contributed by atoms with Crippen molar-refractivity contribution in [3.8, 4) is 94.0 Å². The summed E-state index contributed by atoms with van der Waals surface area (Å²) in [5.74, 6) is 0. The van der Waals surface area contributed by atoms with Gasteiger partial charge in [0, 0.05) is 60.1 Å². The van der Waals surface area contributed by atoms with Gasteiger partial charge in [0.25, 0.3) is 0 Å². The Morgan fingerprint density at radius 2 is 0.587 bits per heavy atom. The normalized spacial score (nSPS) is 15.5. The minimum absolute atomic E-state index is 0.214. The average molecular weight is 919 g/mol. The van der Waals surface area contributed by atoms with Crippen molar-refractivity contribution in [1.82, 2.24) is 0 Å². The third-order valence-electron chi connectivity index (χ3n) is 14.2. The molecule has 0 nitrogen and oxygen atoms in total. The molecule has 6 heteroatoms. The summed E-state index contributed by atoms with van der Waals surface area (Å²) in [7, 11) is 0. The molecule has 0 fully saturated rings. The molecule has 0 saturated carbocycles. The zero-order valence-corrected chi connectivity index (χ0v) is 40.7. The van der Waals surface area contributed by atoms with E-state index in [-0.39, 0.29) is 16.2 Å². The van der Waals surface area contributed by atoms with Gasteiger partial charge in [0.2, 0.25) is 0 Å². The van der Waals surface area contributed by atoms with E-state index in [9.17, 15) is 0 Å². The summed E-state index contributed by atoms with van der Waals surface area (Å²) in [6.45, 7) is 15.0. The van der Waals surface area contributed by atoms with Crippen molar-refractivity contribution in [3.63, 3.8) is 0 Å². The molecule has 0 bridgehead atoms. The van der Waals surface area contributed by atoms with Crippen LogP contribution in [0.25, 0.3) is 94.0 Å². The molecule has 4 aromatic carbocycles. The Morgan fingerprint density at radius 1 is 0.302 bits per heavy atom. The largest absolute Gasteiger partial charge is 0.143 e. The Balaban J connectivity index is 1.08. The average Bonchev–Trinajstić information content (AvgIpc) is 4.13. The van der Waals surface area contributed by atoms with Gasteiger partial charge in [-0.3, -0.25) is 0 Å². The minimum Gasteiger partial charge on any atom is -0.143 e. The van der Waals surface area contributed by atoms with E-state index in [0.717, 1.165) is 0 Å². The molecule has 0 saturated heterocycles. The summed E-state index contributed by atoms with van der Waals surface area (Å²) >= 11 is 11.2. The Morgan fingerprint density at radius 3 is 0.857 bits per heavy atom. The van der Waals surface area contributed by atoms with Crippen molar-refractivity contribution >= 4 is 68.0 Å². The monoisotopic (exact) mass is 918 g/mol. The van der Waals surface area contributed by atoms with Crippen LogP contribution in [0.5, 0.6) is 0 Å². The highest BCUT2D eigenvalue weighted by atomic mass is 32.1. The first-order chi connectivity index (χ1) is 30.5. The number of thiophene rings is 6. The molecule has 0 amide bonds. The Labute approximate surface area is 393 Å². The summed E-state index contributed by atoms with van der Waals surface area (Å²) in [6.07, 6.45) is 0. The van der Waals surface area contributed by atoms with E-state index in [0.29, 0.717) is 0 Å². The van der Waals surface area contributed by atoms with E-state index in [2.05, 4.69) is 185 Å². The van der Waals surface area contributed by atoms with Crippen molar-refractivity contribution in [3.05, 3.63) is 177 Å². The molecule has 306 valence electrons. The van der Waals surface area contributed by atoms with E-state index in [1.54, 1.807) is 0 Å². The molecule has 0 atom stereocenters. The topological polar surface area (TPSA) is 0 Å². The predicted octanol–water partition coefficient (Wildman–Crippen LogP) is 19.0. The van der Waals surface area contributed by atoms with Crippen LogP contribution in [0.1, 0.15) is 74.9 Å². The van der Waals surface area contributed by atoms with E-state index < -0.39 is 0 Å². The fourth-order valence-corrected chi connectivity index (χ4v) is 16.8. The van der Waals surface area contributed by atoms with Gasteiger partial charge in [-0.15, -0.1) is 68.0 Å². The fraction of sp³-hybridized carbons (Fsp3) is 0.158. The quantitative estimate of drug-likeness (QED) is 0.156. The number of hydrogen-bond donors (Lipinski definition) is 0. The van der Waals surface area contributed by atoms with Crippen molar-refractivity contribution < 1.29 is 0 Å². The van der Waals surface area contributed by atoms with E-state index >= 15 is 0 Å². The molecular formula is C57H42S6. The first kappa shape index (κ1) is 38.5. The van der Waals surface area contributed by atoms with Crippen LogP contribution in [0.2, 0.25) is 0 Å². The molecule has 6 aromatic heterocycles. The summed E-state index contributed by atoms with van der Waals surface area (Å²) in [5.41, 5.74) is 20.7. The summed E-state index contributed by atoms with van der Waals surface area (Å²) in [6, 6.07) is 49.4. The molecule has 3 aliphatic rings. The molecule has 0 N–H and O–H groups in total. The molecule has 6 heterocycles. The van der Waals surface area contributed by atoms with Crippen LogP contribution in [-0.2, 0) is 16.2 Å². The lowest BCUT2D eigenvalue weighted by molar-refractivity contribution is 0.636. The molecule has 0 radical (unpaired) electrons. The van der Waals surface area contributed by atoms with Crippen molar-refractivity contribution in [2.24, 2.45) is 0 Å². The van der Waals surface area contributed by atoms with Crippen molar-refractivity contribution in [2.75, 3.05) is 0 Å². The zero-order valence-electron chi connectivity index (χ0n) is 35.8. The second-order valence-electron chi connectivity index (χ2n) is 18.8. The lowest BCUT2D eigenvalue weighted by Crippen LogP contribution is -2.22. The van der Waals surface area contributed by atoms with Gasteiger partial charge in [-0.2, -0.15) is 0 Å². The van der Waals surface area contributed by atoms with Gasteiger partial charge in [-0.1, -0.05) is 96.1 Å². The van der Waals surface area contributed by atoms with Gasteiger partial charge in [0.1, 0.15) is 0 Å². The highest BCUT2D eigenvalue weighted by Gasteiger charge is 2.52. The van der Waals surface area contributed by atoms with E-state index in [4.69, 9.17) is 0 Å². The van der Waals surface area contributed by atoms with Gasteiger partial charge in [-0.05, 0) is 172 Å². The van der Waals surface area contributed by atoms with Gasteiger partial charge in [0.15, 0.2) is 0 Å². The summed E-state index contributed by atoms with van der Waals surface area (Å²) in [4.78, 5) is 12.0. The van der Waals surface area contributed by atoms with Crippen molar-refractivity contribution in [2.45, 2.75) is 57.8 Å². The maximum absolute atomic E-state index is 2.55. The number of fused-ring (bicyclic) bond motifs is 12. The standard InChI is InChI=1S/C57H42S6/c1-55(2)37-16-13-31(40-19-22-46(61-40)43-10-7-25-58-43)28-34(37)49-52(55)50-35-29-32(41-20-23-47(62-41)44-11-8-26-59-44)14-17-38(35)56(3,4)54(50)51-36-30-33(15-18-39(36)57(5,6)53(49)51)42-21-24-48(63-42)45-12-9-27-60-45/h7-30H,1-6H3. The number of benzene rings is 4. The van der Waals surface area contributed by atoms with Crippen molar-refractivity contribution in [1.29, 1.82) is 0 Å². The van der Waals surface area contributed by atoms with Crippen LogP contribution >= 0.6 is 68.0 Å². The lowest BCUT2D eigenvalue weighted by atomic mass is 9.71. The van der Waals surface area contributed by atoms with Gasteiger partial charge in [0.05, 0.1) is 0 Å². The second kappa shape index (κ2) is 13.6. The van der Waals surface area contributed by atoms with Gasteiger partial charge in [-0.25, -0.2) is 0 Å². The van der Waals surface area contributed by atoms with E-state index in [1.165, 1.54) is 127 Å². The highest BCUT2D eigenvalue weighted by molar-refractivity contribution is 7.24. The van der Waals surface area contributed by atoms with Crippen LogP contribution in [0.4, 0.5) is 0 Å². The van der Waals surface area contributed by atoms with Crippen LogP contribution in [0.15, 0.2) is 144 Å². The second-order valence-corrected chi connectivity index (χ2v) is 24.9. The predicted molar refractivity (Wildman–Crippen MR) is 279 cm³/mol. The number of rotatable bonds is 6. The third-order valence-corrected chi connectivity index (χ3v) is 20.8. The number of hydrogen-bond acceptors (Lipinski definition) is 6. The highest BCUT2D eigenvalue weighted by Crippen LogP contribution is 2.68. The van der Waals surface area contributed by atoms with Gasteiger partial charge >= 0.3 is 0 Å². The van der Waals surface area contributed by atoms with Crippen LogP contribution in [0.3, 0.4) is 0 Å². The molecule has 3 aliphatic carbocycles. The first-order valence-electron chi connectivity index (χ1n) is 21.6. The van der Waals surface area contributed by atoms with E-state index in [1.807, 2.05) is 68.0 Å². The molecular weight excluding hydrogens is 877 g/mol. The summed E-state index contributed by atoms with van der Waals surface area (Å²) < 4.78 is 0. The lowest BCUT2D eigenvalue weighted by Gasteiger charge is -2.31. The molecule has 0 spiro atoms. The smallest absolute Gasteiger partial charge is 0.0449 e. The van der Waals surface area contributed by atoms with Crippen LogP contribution < -0.4 is 0 Å². The SMILES string of the molecule is CC1(C)c2ccc(-c3ccc(-c4cccs4)s3)cc2-c2c1c1c(c3c2C(C)(C)c2ccc(-c4ccc(-c5cccs5)s4)cc2-3)C(C)(C)c2ccc(-c3ccc(-c4cccs4)s3)cc2-1. The van der Waals surface area contributed by atoms with Gasteiger partial charge < -0.3 is 0 Å². The molecule has 13 rings (SSSR count). The Bertz CT molecular complexity index is 3070. The maximum atomic E-state index is 2.55. The minimum atomic E-state index is -0.214. The van der Waals surface area contributed by atoms with Crippen LogP contribution in [-0.4, -0.2) is 0 Å². The third kappa shape index (κ3) is 5.46. The summed E-state index contributed by atoms with van der Waals surface area (Å²) in [5, 5.41) is 6.54. The fourth-order valence-electron chi connectivity index (χ4n) is 11.3. The van der Waals surface area contributed by atoms with Crippen LogP contribution in [0, 0.1) is 0 Å². The zero-order chi connectivity index (χ0) is 42.6. The molecule has 63 heavy (non-hydrogen) atoms. The maximum Gasteiger partial charge on any atom is 0.0449 e. The Hall–Kier alpha value is -4.92. The molecule has 10 aromatic rings. The first-order valence-corrected chi connectivity index (χ1v) is 26.7. The molecule has 0 unspecified atom stereocenters. The Kier molecular flexibility index (Phi) is 8.29.